The van der Waals surface area contributed by atoms with Gasteiger partial charge in [0.15, 0.2) is 0 Å². The molecule has 0 bridgehead atoms. The molecule has 118 valence electrons. The minimum Gasteiger partial charge on any atom is -0.384 e. The fourth-order valence-corrected chi connectivity index (χ4v) is 5.04. The minimum absolute atomic E-state index is 0.0981. The van der Waals surface area contributed by atoms with E-state index in [4.69, 9.17) is 4.74 Å². The smallest absolute Gasteiger partial charge is 0.247 e. The Kier molecular flexibility index (Phi) is 5.34. The van der Waals surface area contributed by atoms with Crippen molar-refractivity contribution < 1.29 is 21.9 Å². The summed E-state index contributed by atoms with van der Waals surface area (Å²) in [6, 6.07) is 1.53. The molecule has 0 radical (unpaired) electrons. The van der Waals surface area contributed by atoms with Crippen LogP contribution in [0.25, 0.3) is 0 Å². The van der Waals surface area contributed by atoms with Crippen molar-refractivity contribution in [1.29, 1.82) is 0 Å². The molecule has 0 atom stereocenters. The quantitative estimate of drug-likeness (QED) is 0.802. The summed E-state index contributed by atoms with van der Waals surface area (Å²) in [5.74, 6) is -1.60. The molecule has 4 nitrogen and oxygen atoms in total. The van der Waals surface area contributed by atoms with E-state index < -0.39 is 26.6 Å². The molecule has 1 aliphatic heterocycles. The van der Waals surface area contributed by atoms with E-state index in [2.05, 4.69) is 15.9 Å². The van der Waals surface area contributed by atoms with Crippen LogP contribution in [-0.4, -0.2) is 39.5 Å². The monoisotopic (exact) mass is 383 g/mol. The van der Waals surface area contributed by atoms with Gasteiger partial charge in [-0.05, 0) is 40.8 Å². The Balaban J connectivity index is 2.24. The Labute approximate surface area is 131 Å². The number of halogens is 3. The van der Waals surface area contributed by atoms with E-state index in [0.717, 1.165) is 6.07 Å². The molecule has 21 heavy (non-hydrogen) atoms. The number of hydrogen-bond donors (Lipinski definition) is 0. The third-order valence-corrected chi connectivity index (χ3v) is 6.40. The topological polar surface area (TPSA) is 46.6 Å². The van der Waals surface area contributed by atoms with Crippen LogP contribution in [-0.2, 0) is 14.8 Å². The molecular weight excluding hydrogens is 368 g/mol. The van der Waals surface area contributed by atoms with Crippen molar-refractivity contribution in [2.24, 2.45) is 5.92 Å². The molecule has 0 amide bonds. The van der Waals surface area contributed by atoms with Crippen LogP contribution in [0.1, 0.15) is 12.8 Å². The van der Waals surface area contributed by atoms with Gasteiger partial charge in [0.2, 0.25) is 10.0 Å². The van der Waals surface area contributed by atoms with Gasteiger partial charge in [0.1, 0.15) is 16.5 Å². The van der Waals surface area contributed by atoms with Crippen LogP contribution in [0.15, 0.2) is 21.5 Å². The van der Waals surface area contributed by atoms with E-state index in [0.29, 0.717) is 44.5 Å². The zero-order valence-electron chi connectivity index (χ0n) is 11.5. The van der Waals surface area contributed by atoms with Crippen LogP contribution in [0, 0.1) is 17.6 Å². The summed E-state index contributed by atoms with van der Waals surface area (Å²) in [4.78, 5) is -0.505. The summed E-state index contributed by atoms with van der Waals surface area (Å²) in [6.07, 6.45) is 1.32. The largest absolute Gasteiger partial charge is 0.384 e. The second-order valence-corrected chi connectivity index (χ2v) is 7.73. The second-order valence-electron chi connectivity index (χ2n) is 5.00. The minimum atomic E-state index is -3.97. The van der Waals surface area contributed by atoms with Crippen molar-refractivity contribution in [3.63, 3.8) is 0 Å². The molecule has 0 saturated carbocycles. The van der Waals surface area contributed by atoms with E-state index in [1.807, 2.05) is 0 Å². The van der Waals surface area contributed by atoms with Crippen LogP contribution >= 0.6 is 15.9 Å². The summed E-state index contributed by atoms with van der Waals surface area (Å²) < 4.78 is 58.2. The normalized spacial score (nSPS) is 18.1. The Morgan fingerprint density at radius 1 is 1.33 bits per heavy atom. The van der Waals surface area contributed by atoms with Crippen molar-refractivity contribution in [2.45, 2.75) is 17.7 Å². The van der Waals surface area contributed by atoms with Crippen LogP contribution in [0.2, 0.25) is 0 Å². The summed E-state index contributed by atoms with van der Waals surface area (Å²) in [7, 11) is -2.37. The first-order valence-corrected chi connectivity index (χ1v) is 8.73. The summed E-state index contributed by atoms with van der Waals surface area (Å²) in [5.41, 5.74) is 0. The lowest BCUT2D eigenvalue weighted by molar-refractivity contribution is 0.121. The van der Waals surface area contributed by atoms with Gasteiger partial charge in [0, 0.05) is 37.3 Å². The van der Waals surface area contributed by atoms with Crippen LogP contribution in [0.3, 0.4) is 0 Å². The number of piperidine rings is 1. The van der Waals surface area contributed by atoms with Crippen LogP contribution in [0.4, 0.5) is 8.78 Å². The number of sulfonamides is 1. The Bertz CT molecular complexity index is 593. The first-order valence-electron chi connectivity index (χ1n) is 6.50. The van der Waals surface area contributed by atoms with Crippen molar-refractivity contribution in [2.75, 3.05) is 26.8 Å². The average Bonchev–Trinajstić information content (AvgIpc) is 2.38. The number of nitrogens with zero attached hydrogens (tertiary/aromatic N) is 1. The molecule has 1 fully saturated rings. The molecule has 0 aromatic heterocycles. The first kappa shape index (κ1) is 16.8. The predicted octanol–water partition coefficient (Wildman–Crippen LogP) is 2.77. The van der Waals surface area contributed by atoms with Crippen LogP contribution in [0.5, 0.6) is 0 Å². The van der Waals surface area contributed by atoms with Crippen molar-refractivity contribution in [1.82, 2.24) is 4.31 Å². The number of hydrogen-bond acceptors (Lipinski definition) is 3. The van der Waals surface area contributed by atoms with Gasteiger partial charge in [0.25, 0.3) is 0 Å². The summed E-state index contributed by atoms with van der Waals surface area (Å²) in [5, 5.41) is 0. The molecule has 2 rings (SSSR count). The Morgan fingerprint density at radius 2 is 1.95 bits per heavy atom. The third-order valence-electron chi connectivity index (χ3n) is 3.54. The highest BCUT2D eigenvalue weighted by atomic mass is 79.9. The van der Waals surface area contributed by atoms with Gasteiger partial charge in [-0.1, -0.05) is 0 Å². The number of ether oxygens (including phenoxy) is 1. The van der Waals surface area contributed by atoms with Gasteiger partial charge in [-0.2, -0.15) is 4.31 Å². The molecule has 0 spiro atoms. The molecule has 1 saturated heterocycles. The lowest BCUT2D eigenvalue weighted by Gasteiger charge is -2.31. The maximum atomic E-state index is 13.9. The van der Waals surface area contributed by atoms with Gasteiger partial charge in [-0.25, -0.2) is 17.2 Å². The standard InChI is InChI=1S/C13H16BrF2NO3S/c1-20-8-9-2-4-17(5-3-9)21(18,19)13-11(14)6-10(15)7-12(13)16/h6-7,9H,2-5,8H2,1H3. The molecular formula is C13H16BrF2NO3S. The fraction of sp³-hybridized carbons (Fsp3) is 0.538. The number of methoxy groups -OCH3 is 1. The van der Waals surface area contributed by atoms with Gasteiger partial charge >= 0.3 is 0 Å². The molecule has 8 heteroatoms. The molecule has 1 aromatic rings. The Hall–Kier alpha value is -0.570. The Morgan fingerprint density at radius 3 is 2.48 bits per heavy atom. The molecule has 1 heterocycles. The highest BCUT2D eigenvalue weighted by Crippen LogP contribution is 2.31. The van der Waals surface area contributed by atoms with Gasteiger partial charge < -0.3 is 4.74 Å². The maximum Gasteiger partial charge on any atom is 0.247 e. The van der Waals surface area contributed by atoms with E-state index >= 15 is 0 Å². The molecule has 0 aliphatic carbocycles. The van der Waals surface area contributed by atoms with Gasteiger partial charge in [-0.3, -0.25) is 0 Å². The van der Waals surface area contributed by atoms with Gasteiger partial charge in [0.05, 0.1) is 0 Å². The molecule has 0 unspecified atom stereocenters. The zero-order valence-corrected chi connectivity index (χ0v) is 13.9. The molecule has 1 aliphatic rings. The van der Waals surface area contributed by atoms with E-state index in [-0.39, 0.29) is 4.47 Å². The SMILES string of the molecule is COCC1CCN(S(=O)(=O)c2c(F)cc(F)cc2Br)CC1. The second kappa shape index (κ2) is 6.68. The van der Waals surface area contributed by atoms with Gasteiger partial charge in [-0.15, -0.1) is 0 Å². The number of rotatable bonds is 4. The van der Waals surface area contributed by atoms with Crippen molar-refractivity contribution in [3.05, 3.63) is 28.2 Å². The highest BCUT2D eigenvalue weighted by molar-refractivity contribution is 9.10. The highest BCUT2D eigenvalue weighted by Gasteiger charge is 2.33. The van der Waals surface area contributed by atoms with Crippen molar-refractivity contribution >= 4 is 26.0 Å². The summed E-state index contributed by atoms with van der Waals surface area (Å²) >= 11 is 2.93. The third kappa shape index (κ3) is 3.61. The van der Waals surface area contributed by atoms with E-state index in [9.17, 15) is 17.2 Å². The summed E-state index contributed by atoms with van der Waals surface area (Å²) in [6.45, 7) is 1.20. The van der Waals surface area contributed by atoms with E-state index in [1.165, 1.54) is 4.31 Å². The maximum absolute atomic E-state index is 13.9. The number of benzene rings is 1. The molecule has 1 aromatic carbocycles. The fourth-order valence-electron chi connectivity index (χ4n) is 2.46. The van der Waals surface area contributed by atoms with E-state index in [1.54, 1.807) is 7.11 Å². The zero-order chi connectivity index (χ0) is 15.6. The first-order chi connectivity index (χ1) is 9.86. The lowest BCUT2D eigenvalue weighted by atomic mass is 9.99. The van der Waals surface area contributed by atoms with Crippen LogP contribution < -0.4 is 0 Å². The molecule has 0 N–H and O–H groups in total. The lowest BCUT2D eigenvalue weighted by Crippen LogP contribution is -2.39. The average molecular weight is 384 g/mol. The van der Waals surface area contributed by atoms with Crippen molar-refractivity contribution in [3.8, 4) is 0 Å². The predicted molar refractivity (Wildman–Crippen MR) is 77.4 cm³/mol.